The van der Waals surface area contributed by atoms with E-state index in [1.54, 1.807) is 0 Å². The maximum absolute atomic E-state index is 4.59. The van der Waals surface area contributed by atoms with E-state index in [1.165, 1.54) is 62.8 Å². The van der Waals surface area contributed by atoms with Crippen LogP contribution in [0.1, 0.15) is 36.4 Å². The highest BCUT2D eigenvalue weighted by atomic mass is 32.1. The molecule has 2 aromatic carbocycles. The summed E-state index contributed by atoms with van der Waals surface area (Å²) in [6, 6.07) is 13.8. The van der Waals surface area contributed by atoms with E-state index in [4.69, 9.17) is 0 Å². The van der Waals surface area contributed by atoms with E-state index in [9.17, 15) is 0 Å². The summed E-state index contributed by atoms with van der Waals surface area (Å²) in [5, 5.41) is 5.06. The van der Waals surface area contributed by atoms with Gasteiger partial charge in [-0.25, -0.2) is 0 Å². The van der Waals surface area contributed by atoms with E-state index in [0.29, 0.717) is 0 Å². The van der Waals surface area contributed by atoms with Crippen LogP contribution in [0.3, 0.4) is 0 Å². The maximum Gasteiger partial charge on any atom is 0.104 e. The highest BCUT2D eigenvalue weighted by molar-refractivity contribution is 7.26. The number of pyridine rings is 2. The van der Waals surface area contributed by atoms with Gasteiger partial charge in [-0.1, -0.05) is 0 Å². The van der Waals surface area contributed by atoms with Gasteiger partial charge >= 0.3 is 0 Å². The van der Waals surface area contributed by atoms with Gasteiger partial charge < -0.3 is 19.6 Å². The summed E-state index contributed by atoms with van der Waals surface area (Å²) >= 11 is 3.71. The zero-order chi connectivity index (χ0) is 29.6. The smallest absolute Gasteiger partial charge is 0.104 e. The zero-order valence-corrected chi connectivity index (χ0v) is 26.9. The number of hydrogen-bond donors (Lipinski definition) is 0. The lowest BCUT2D eigenvalue weighted by atomic mass is 10.1. The molecule has 0 saturated carbocycles. The number of hydrogen-bond acceptors (Lipinski definition) is 8. The first-order chi connectivity index (χ1) is 20.7. The van der Waals surface area contributed by atoms with Gasteiger partial charge in [0.15, 0.2) is 0 Å². The number of benzene rings is 2. The first kappa shape index (κ1) is 26.5. The monoisotopic (exact) mass is 602 g/mol. The molecule has 216 valence electrons. The van der Waals surface area contributed by atoms with Gasteiger partial charge in [-0.15, -0.1) is 22.7 Å². The third kappa shape index (κ3) is 4.18. The Morgan fingerprint density at radius 3 is 1.42 bits per heavy atom. The fourth-order valence-electron chi connectivity index (χ4n) is 6.58. The van der Waals surface area contributed by atoms with Crippen molar-refractivity contribution in [1.29, 1.82) is 0 Å². The molecule has 8 heteroatoms. The quantitative estimate of drug-likeness (QED) is 0.201. The van der Waals surface area contributed by atoms with Crippen molar-refractivity contribution in [2.45, 2.75) is 53.9 Å². The molecule has 0 amide bonds. The molecular weight excluding hydrogens is 569 g/mol. The Kier molecular flexibility index (Phi) is 5.97. The fourth-order valence-corrected chi connectivity index (χ4v) is 9.09. The van der Waals surface area contributed by atoms with Gasteiger partial charge in [0.25, 0.3) is 0 Å². The molecule has 0 unspecified atom stereocenters. The summed E-state index contributed by atoms with van der Waals surface area (Å²) in [5.41, 5.74) is 7.22. The molecule has 6 heterocycles. The molecule has 2 aliphatic heterocycles. The number of nitrogens with zero attached hydrogens (tertiary/aromatic N) is 6. The van der Waals surface area contributed by atoms with Gasteiger partial charge in [0.1, 0.15) is 12.3 Å². The molecular formula is C35H34N6S2. The summed E-state index contributed by atoms with van der Waals surface area (Å²) in [6.07, 6.45) is 13.4. The molecule has 0 saturated heterocycles. The van der Waals surface area contributed by atoms with Crippen LogP contribution in [-0.4, -0.2) is 38.8 Å². The van der Waals surface area contributed by atoms with Crippen molar-refractivity contribution in [3.63, 3.8) is 0 Å². The van der Waals surface area contributed by atoms with Crippen molar-refractivity contribution in [2.24, 2.45) is 0 Å². The fraction of sp³-hybridized carbons (Fsp3) is 0.257. The van der Waals surface area contributed by atoms with Crippen LogP contribution in [0.25, 0.3) is 40.3 Å². The number of fused-ring (bicyclic) bond motifs is 6. The van der Waals surface area contributed by atoms with Gasteiger partial charge in [0.05, 0.1) is 6.67 Å². The SMILES string of the molecule is Cc1cc2sc3cc(C)c(N4C=CN(CN5C=CN(c6cc7c(cc6C)sc6cc(C)ncc67)[C@H]5C)[C@H]4C)cc3c2cn1. The minimum Gasteiger partial charge on any atom is -0.338 e. The summed E-state index contributed by atoms with van der Waals surface area (Å²) in [4.78, 5) is 18.8. The van der Waals surface area contributed by atoms with E-state index >= 15 is 0 Å². The second-order valence-corrected chi connectivity index (χ2v) is 14.1. The molecule has 0 aliphatic carbocycles. The highest BCUT2D eigenvalue weighted by Gasteiger charge is 2.30. The van der Waals surface area contributed by atoms with Crippen molar-refractivity contribution < 1.29 is 0 Å². The highest BCUT2D eigenvalue weighted by Crippen LogP contribution is 2.41. The average Bonchev–Trinajstić information content (AvgIpc) is 3.71. The molecule has 2 aliphatic rings. The summed E-state index contributed by atoms with van der Waals surface area (Å²) in [6.45, 7) is 14.0. The van der Waals surface area contributed by atoms with Crippen LogP contribution in [0.2, 0.25) is 0 Å². The lowest BCUT2D eigenvalue weighted by molar-refractivity contribution is 0.176. The van der Waals surface area contributed by atoms with Crippen molar-refractivity contribution in [3.05, 3.63) is 96.1 Å². The zero-order valence-electron chi connectivity index (χ0n) is 25.3. The van der Waals surface area contributed by atoms with Crippen LogP contribution in [0.5, 0.6) is 0 Å². The van der Waals surface area contributed by atoms with Crippen molar-refractivity contribution >= 4 is 74.4 Å². The minimum absolute atomic E-state index is 0.197. The summed E-state index contributed by atoms with van der Waals surface area (Å²) in [5.74, 6) is 0. The van der Waals surface area contributed by atoms with E-state index in [0.717, 1.165) is 18.1 Å². The van der Waals surface area contributed by atoms with Crippen LogP contribution in [-0.2, 0) is 0 Å². The molecule has 8 rings (SSSR count). The minimum atomic E-state index is 0.197. The number of aryl methyl sites for hydroxylation is 4. The van der Waals surface area contributed by atoms with E-state index in [2.05, 4.69) is 132 Å². The maximum atomic E-state index is 4.59. The molecule has 0 N–H and O–H groups in total. The Morgan fingerprint density at radius 2 is 0.977 bits per heavy atom. The van der Waals surface area contributed by atoms with E-state index in [-0.39, 0.29) is 12.3 Å². The topological polar surface area (TPSA) is 38.7 Å². The number of rotatable bonds is 4. The van der Waals surface area contributed by atoms with Crippen LogP contribution < -0.4 is 9.80 Å². The van der Waals surface area contributed by atoms with E-state index in [1.807, 2.05) is 35.1 Å². The molecule has 0 fully saturated rings. The van der Waals surface area contributed by atoms with Gasteiger partial charge in [0.2, 0.25) is 0 Å². The van der Waals surface area contributed by atoms with Gasteiger partial charge in [-0.2, -0.15) is 0 Å². The summed E-state index contributed by atoms with van der Waals surface area (Å²) < 4.78 is 5.25. The van der Waals surface area contributed by atoms with Crippen LogP contribution in [0.15, 0.2) is 73.6 Å². The van der Waals surface area contributed by atoms with Gasteiger partial charge in [0, 0.05) is 100 Å². The Labute approximate surface area is 259 Å². The molecule has 0 spiro atoms. The van der Waals surface area contributed by atoms with Crippen molar-refractivity contribution in [1.82, 2.24) is 19.8 Å². The first-order valence-corrected chi connectivity index (χ1v) is 16.4. The number of anilines is 2. The average molecular weight is 603 g/mol. The molecule has 6 nitrogen and oxygen atoms in total. The Balaban J connectivity index is 1.03. The Hall–Kier alpha value is -4.14. The largest absolute Gasteiger partial charge is 0.338 e. The number of aromatic nitrogens is 2. The van der Waals surface area contributed by atoms with E-state index < -0.39 is 0 Å². The second kappa shape index (κ2) is 9.69. The van der Waals surface area contributed by atoms with Crippen molar-refractivity contribution in [2.75, 3.05) is 16.5 Å². The Bertz CT molecular complexity index is 1990. The lowest BCUT2D eigenvalue weighted by Crippen LogP contribution is -2.45. The van der Waals surface area contributed by atoms with Crippen LogP contribution >= 0.6 is 22.7 Å². The molecule has 43 heavy (non-hydrogen) atoms. The molecule has 4 aromatic heterocycles. The molecule has 2 atom stereocenters. The molecule has 0 radical (unpaired) electrons. The van der Waals surface area contributed by atoms with Crippen LogP contribution in [0, 0.1) is 27.7 Å². The standard InChI is InChI=1S/C35H34N6S2/c1-20-11-32-26(28-17-36-22(3)13-34(28)42-32)15-30(20)40-9-7-38(24(40)5)19-39-8-10-41(25(39)6)31-16-27-29-18-37-23(4)14-35(29)43-33(27)12-21(31)2/h7-18,24-25H,19H2,1-6H3/t24-,25+. The number of thiophene rings is 2. The lowest BCUT2D eigenvalue weighted by Gasteiger charge is -2.36. The summed E-state index contributed by atoms with van der Waals surface area (Å²) in [7, 11) is 0. The Morgan fingerprint density at radius 1 is 0.558 bits per heavy atom. The third-order valence-corrected chi connectivity index (χ3v) is 11.3. The van der Waals surface area contributed by atoms with Gasteiger partial charge in [-0.3, -0.25) is 9.97 Å². The first-order valence-electron chi connectivity index (χ1n) is 14.8. The molecule has 6 aromatic rings. The third-order valence-electron chi connectivity index (χ3n) is 9.11. The molecule has 0 bridgehead atoms. The predicted molar refractivity (Wildman–Crippen MR) is 184 cm³/mol. The van der Waals surface area contributed by atoms with Gasteiger partial charge in [-0.05, 0) is 89.1 Å². The normalized spacial score (nSPS) is 18.7. The second-order valence-electron chi connectivity index (χ2n) is 12.0. The predicted octanol–water partition coefficient (Wildman–Crippen LogP) is 8.98. The van der Waals surface area contributed by atoms with Crippen molar-refractivity contribution in [3.8, 4) is 0 Å². The van der Waals surface area contributed by atoms with Crippen LogP contribution in [0.4, 0.5) is 11.4 Å².